The van der Waals surface area contributed by atoms with Crippen molar-refractivity contribution in [2.24, 2.45) is 11.8 Å². The first-order valence-electron chi connectivity index (χ1n) is 10.5. The molecule has 1 aromatic heterocycles. The van der Waals surface area contributed by atoms with Gasteiger partial charge in [-0.3, -0.25) is 14.4 Å². The molecule has 1 aliphatic rings. The number of hydrogen-bond donors (Lipinski definition) is 3. The van der Waals surface area contributed by atoms with Crippen LogP contribution < -0.4 is 16.0 Å². The summed E-state index contributed by atoms with van der Waals surface area (Å²) >= 11 is 0. The van der Waals surface area contributed by atoms with Crippen molar-refractivity contribution in [1.82, 2.24) is 5.32 Å². The number of carbonyl (C=O) groups excluding carboxylic acids is 3. The highest BCUT2D eigenvalue weighted by molar-refractivity contribution is 6.03. The minimum Gasteiger partial charge on any atom is -0.459 e. The lowest BCUT2D eigenvalue weighted by Crippen LogP contribution is -2.49. The Morgan fingerprint density at radius 3 is 2.30 bits per heavy atom. The van der Waals surface area contributed by atoms with Crippen LogP contribution in [-0.4, -0.2) is 23.8 Å². The predicted octanol–water partition coefficient (Wildman–Crippen LogP) is 4.19. The van der Waals surface area contributed by atoms with E-state index in [0.29, 0.717) is 11.4 Å². The van der Waals surface area contributed by atoms with Crippen LogP contribution in [-0.2, 0) is 9.59 Å². The van der Waals surface area contributed by atoms with Crippen LogP contribution in [0.5, 0.6) is 0 Å². The number of rotatable bonds is 7. The van der Waals surface area contributed by atoms with Crippen LogP contribution in [0.3, 0.4) is 0 Å². The molecule has 0 aliphatic heterocycles. The van der Waals surface area contributed by atoms with Gasteiger partial charge >= 0.3 is 0 Å². The third-order valence-corrected chi connectivity index (χ3v) is 5.36. The lowest BCUT2D eigenvalue weighted by molar-refractivity contribution is -0.130. The Morgan fingerprint density at radius 2 is 1.67 bits per heavy atom. The molecule has 3 N–H and O–H groups in total. The van der Waals surface area contributed by atoms with Crippen LogP contribution in [0.15, 0.2) is 47.1 Å². The second-order valence-electron chi connectivity index (χ2n) is 8.07. The summed E-state index contributed by atoms with van der Waals surface area (Å²) in [6, 6.07) is 9.45. The van der Waals surface area contributed by atoms with Gasteiger partial charge in [0, 0.05) is 17.3 Å². The molecule has 1 saturated carbocycles. The highest BCUT2D eigenvalue weighted by atomic mass is 16.3. The van der Waals surface area contributed by atoms with Crippen LogP contribution in [0.2, 0.25) is 0 Å². The first-order chi connectivity index (χ1) is 14.4. The van der Waals surface area contributed by atoms with E-state index in [4.69, 9.17) is 4.42 Å². The SMILES string of the molecule is CC(C)[C@@H](NC(=O)C1CCCCC1)C(=O)Nc1cccc(NC(=O)c2ccco2)c1. The van der Waals surface area contributed by atoms with E-state index in [2.05, 4.69) is 16.0 Å². The van der Waals surface area contributed by atoms with Crippen molar-refractivity contribution in [3.05, 3.63) is 48.4 Å². The van der Waals surface area contributed by atoms with Crippen LogP contribution in [0.1, 0.15) is 56.5 Å². The first kappa shape index (κ1) is 21.6. The molecule has 1 atom stereocenters. The number of furan rings is 1. The van der Waals surface area contributed by atoms with E-state index in [-0.39, 0.29) is 35.3 Å². The van der Waals surface area contributed by atoms with Crippen molar-refractivity contribution in [3.63, 3.8) is 0 Å². The second-order valence-corrected chi connectivity index (χ2v) is 8.07. The zero-order valence-corrected chi connectivity index (χ0v) is 17.4. The summed E-state index contributed by atoms with van der Waals surface area (Å²) in [7, 11) is 0. The molecular formula is C23H29N3O4. The molecule has 7 nitrogen and oxygen atoms in total. The topological polar surface area (TPSA) is 100 Å². The Morgan fingerprint density at radius 1 is 0.967 bits per heavy atom. The van der Waals surface area contributed by atoms with Gasteiger partial charge in [0.05, 0.1) is 6.26 Å². The summed E-state index contributed by atoms with van der Waals surface area (Å²) < 4.78 is 5.09. The lowest BCUT2D eigenvalue weighted by Gasteiger charge is -2.26. The van der Waals surface area contributed by atoms with Gasteiger partial charge in [-0.15, -0.1) is 0 Å². The predicted molar refractivity (Wildman–Crippen MR) is 115 cm³/mol. The van der Waals surface area contributed by atoms with E-state index in [1.807, 2.05) is 13.8 Å². The van der Waals surface area contributed by atoms with Crippen LogP contribution in [0.25, 0.3) is 0 Å². The molecule has 30 heavy (non-hydrogen) atoms. The van der Waals surface area contributed by atoms with Crippen molar-refractivity contribution in [1.29, 1.82) is 0 Å². The molecule has 0 radical (unpaired) electrons. The summed E-state index contributed by atoms with van der Waals surface area (Å²) in [5.74, 6) is -0.544. The fraction of sp³-hybridized carbons (Fsp3) is 0.435. The normalized spacial score (nSPS) is 15.4. The summed E-state index contributed by atoms with van der Waals surface area (Å²) in [6.45, 7) is 3.82. The maximum absolute atomic E-state index is 12.9. The molecule has 1 aliphatic carbocycles. The smallest absolute Gasteiger partial charge is 0.291 e. The molecule has 0 saturated heterocycles. The average molecular weight is 412 g/mol. The number of anilines is 2. The lowest BCUT2D eigenvalue weighted by atomic mass is 9.88. The van der Waals surface area contributed by atoms with Crippen LogP contribution in [0.4, 0.5) is 11.4 Å². The van der Waals surface area contributed by atoms with E-state index in [1.165, 1.54) is 12.7 Å². The van der Waals surface area contributed by atoms with E-state index < -0.39 is 6.04 Å². The Hall–Kier alpha value is -3.09. The van der Waals surface area contributed by atoms with E-state index >= 15 is 0 Å². The zero-order chi connectivity index (χ0) is 21.5. The summed E-state index contributed by atoms with van der Waals surface area (Å²) in [5.41, 5.74) is 1.07. The quantitative estimate of drug-likeness (QED) is 0.636. The number of carbonyl (C=O) groups is 3. The van der Waals surface area contributed by atoms with Crippen molar-refractivity contribution < 1.29 is 18.8 Å². The Balaban J connectivity index is 1.62. The highest BCUT2D eigenvalue weighted by Gasteiger charge is 2.28. The van der Waals surface area contributed by atoms with E-state index in [0.717, 1.165) is 25.7 Å². The molecule has 160 valence electrons. The van der Waals surface area contributed by atoms with Gasteiger partial charge in [0.1, 0.15) is 6.04 Å². The van der Waals surface area contributed by atoms with Gasteiger partial charge in [-0.05, 0) is 49.1 Å². The standard InChI is InChI=1S/C23H29N3O4/c1-15(2)20(26-21(27)16-8-4-3-5-9-16)23(29)25-18-11-6-10-17(14-18)24-22(28)19-12-7-13-30-19/h6-7,10-16,20H,3-5,8-9H2,1-2H3,(H,24,28)(H,25,29)(H,26,27)/t20-/m1/s1. The van der Waals surface area contributed by atoms with Gasteiger partial charge in [0.2, 0.25) is 11.8 Å². The molecule has 0 spiro atoms. The molecule has 3 amide bonds. The van der Waals surface area contributed by atoms with Gasteiger partial charge in [-0.2, -0.15) is 0 Å². The largest absolute Gasteiger partial charge is 0.459 e. The van der Waals surface area contributed by atoms with Gasteiger partial charge in [0.15, 0.2) is 5.76 Å². The molecule has 0 unspecified atom stereocenters. The molecule has 3 rings (SSSR count). The third kappa shape index (κ3) is 5.72. The summed E-state index contributed by atoms with van der Waals surface area (Å²) in [5, 5.41) is 8.52. The zero-order valence-electron chi connectivity index (χ0n) is 17.4. The van der Waals surface area contributed by atoms with Crippen molar-refractivity contribution in [2.45, 2.75) is 52.0 Å². The van der Waals surface area contributed by atoms with Gasteiger partial charge in [-0.25, -0.2) is 0 Å². The van der Waals surface area contributed by atoms with Crippen molar-refractivity contribution in [2.75, 3.05) is 10.6 Å². The fourth-order valence-corrected chi connectivity index (χ4v) is 3.67. The first-order valence-corrected chi connectivity index (χ1v) is 10.5. The number of amides is 3. The second kappa shape index (κ2) is 10.1. The monoisotopic (exact) mass is 411 g/mol. The van der Waals surface area contributed by atoms with Gasteiger partial charge < -0.3 is 20.4 Å². The summed E-state index contributed by atoms with van der Waals surface area (Å²) in [6.07, 6.45) is 6.50. The third-order valence-electron chi connectivity index (χ3n) is 5.36. The molecule has 7 heteroatoms. The Labute approximate surface area is 176 Å². The van der Waals surface area contributed by atoms with Gasteiger partial charge in [0.25, 0.3) is 5.91 Å². The van der Waals surface area contributed by atoms with Crippen molar-refractivity contribution >= 4 is 29.1 Å². The molecule has 1 aromatic carbocycles. The maximum Gasteiger partial charge on any atom is 0.291 e. The molecule has 1 fully saturated rings. The number of nitrogens with one attached hydrogen (secondary N) is 3. The Bertz CT molecular complexity index is 870. The number of hydrogen-bond acceptors (Lipinski definition) is 4. The van der Waals surface area contributed by atoms with Crippen LogP contribution in [0, 0.1) is 11.8 Å². The molecular weight excluding hydrogens is 382 g/mol. The van der Waals surface area contributed by atoms with E-state index in [9.17, 15) is 14.4 Å². The van der Waals surface area contributed by atoms with Gasteiger partial charge in [-0.1, -0.05) is 39.2 Å². The fourth-order valence-electron chi connectivity index (χ4n) is 3.67. The number of benzene rings is 1. The molecule has 1 heterocycles. The Kier molecular flexibility index (Phi) is 7.27. The molecule has 0 bridgehead atoms. The maximum atomic E-state index is 12.9. The highest BCUT2D eigenvalue weighted by Crippen LogP contribution is 2.24. The molecule has 2 aromatic rings. The summed E-state index contributed by atoms with van der Waals surface area (Å²) in [4.78, 5) is 37.6. The minimum absolute atomic E-state index is 0.00654. The van der Waals surface area contributed by atoms with Crippen molar-refractivity contribution in [3.8, 4) is 0 Å². The van der Waals surface area contributed by atoms with E-state index in [1.54, 1.807) is 36.4 Å². The minimum atomic E-state index is -0.624. The van der Waals surface area contributed by atoms with Crippen LogP contribution >= 0.6 is 0 Å². The average Bonchev–Trinajstić information content (AvgIpc) is 3.27.